The van der Waals surface area contributed by atoms with Gasteiger partial charge in [0.05, 0.1) is 6.10 Å². The average Bonchev–Trinajstić information content (AvgIpc) is 2.17. The number of ether oxygens (including phenoxy) is 1. The lowest BCUT2D eigenvalue weighted by Gasteiger charge is -2.11. The Labute approximate surface area is 89.2 Å². The quantitative estimate of drug-likeness (QED) is 0.773. The van der Waals surface area contributed by atoms with Crippen LogP contribution in [-0.4, -0.2) is 12.0 Å². The minimum Gasteiger partial charge on any atom is -0.491 e. The molecule has 0 saturated carbocycles. The maximum absolute atomic E-state index is 10.8. The van der Waals surface area contributed by atoms with E-state index < -0.39 is 11.9 Å². The van der Waals surface area contributed by atoms with Crippen LogP contribution < -0.4 is 16.2 Å². The molecule has 0 radical (unpaired) electrons. The molecule has 4 nitrogen and oxygen atoms in total. The number of nitrogens with two attached hydrogens (primary N) is 2. The molecule has 1 rings (SSSR count). The predicted octanol–water partition coefficient (Wildman–Crippen LogP) is 0.959. The standard InChI is InChI=1S/C11H16N2O2/c1-7(2)15-9-5-3-8(4-6-9)10(12)11(13)14/h3-7,10H,12H2,1-2H3,(H2,13,14). The van der Waals surface area contributed by atoms with Crippen molar-refractivity contribution in [2.24, 2.45) is 11.5 Å². The van der Waals surface area contributed by atoms with Crippen molar-refractivity contribution >= 4 is 5.91 Å². The molecule has 0 fully saturated rings. The van der Waals surface area contributed by atoms with Crippen LogP contribution >= 0.6 is 0 Å². The van der Waals surface area contributed by atoms with Crippen LogP contribution in [0.5, 0.6) is 5.75 Å². The summed E-state index contributed by atoms with van der Waals surface area (Å²) in [6.07, 6.45) is 0.126. The van der Waals surface area contributed by atoms with Gasteiger partial charge in [-0.05, 0) is 31.5 Å². The van der Waals surface area contributed by atoms with Crippen LogP contribution in [0, 0.1) is 0 Å². The van der Waals surface area contributed by atoms with Crippen molar-refractivity contribution in [2.45, 2.75) is 26.0 Å². The van der Waals surface area contributed by atoms with Crippen molar-refractivity contribution in [2.75, 3.05) is 0 Å². The van der Waals surface area contributed by atoms with Crippen LogP contribution in [0.2, 0.25) is 0 Å². The molecule has 1 unspecified atom stereocenters. The van der Waals surface area contributed by atoms with E-state index in [0.717, 1.165) is 5.75 Å². The third-order valence-corrected chi connectivity index (χ3v) is 1.92. The van der Waals surface area contributed by atoms with Gasteiger partial charge in [0.25, 0.3) is 0 Å². The second-order valence-corrected chi connectivity index (χ2v) is 3.62. The average molecular weight is 208 g/mol. The minimum absolute atomic E-state index is 0.126. The molecule has 1 aromatic carbocycles. The zero-order valence-electron chi connectivity index (χ0n) is 8.94. The summed E-state index contributed by atoms with van der Waals surface area (Å²) in [4.78, 5) is 10.8. The monoisotopic (exact) mass is 208 g/mol. The van der Waals surface area contributed by atoms with Crippen LogP contribution in [-0.2, 0) is 4.79 Å². The number of primary amides is 1. The molecule has 4 heteroatoms. The fraction of sp³-hybridized carbons (Fsp3) is 0.364. The van der Waals surface area contributed by atoms with Gasteiger partial charge in [-0.25, -0.2) is 0 Å². The number of amides is 1. The lowest BCUT2D eigenvalue weighted by molar-refractivity contribution is -0.119. The zero-order valence-corrected chi connectivity index (χ0v) is 8.94. The van der Waals surface area contributed by atoms with E-state index in [1.807, 2.05) is 13.8 Å². The SMILES string of the molecule is CC(C)Oc1ccc(C(N)C(N)=O)cc1. The van der Waals surface area contributed by atoms with E-state index in [1.165, 1.54) is 0 Å². The summed E-state index contributed by atoms with van der Waals surface area (Å²) in [6, 6.07) is 6.29. The highest BCUT2D eigenvalue weighted by molar-refractivity contribution is 5.81. The summed E-state index contributed by atoms with van der Waals surface area (Å²) < 4.78 is 5.45. The first kappa shape index (κ1) is 11.5. The van der Waals surface area contributed by atoms with Crippen molar-refractivity contribution in [3.8, 4) is 5.75 Å². The Morgan fingerprint density at radius 2 is 1.80 bits per heavy atom. The van der Waals surface area contributed by atoms with Crippen molar-refractivity contribution in [3.05, 3.63) is 29.8 Å². The fourth-order valence-electron chi connectivity index (χ4n) is 1.19. The Balaban J connectivity index is 2.76. The fourth-order valence-corrected chi connectivity index (χ4v) is 1.19. The molecule has 1 aromatic rings. The summed E-state index contributed by atoms with van der Waals surface area (Å²) in [5, 5.41) is 0. The van der Waals surface area contributed by atoms with E-state index in [4.69, 9.17) is 16.2 Å². The second kappa shape index (κ2) is 4.79. The third-order valence-electron chi connectivity index (χ3n) is 1.92. The molecule has 1 atom stereocenters. The lowest BCUT2D eigenvalue weighted by atomic mass is 10.1. The lowest BCUT2D eigenvalue weighted by Crippen LogP contribution is -2.28. The van der Waals surface area contributed by atoms with Gasteiger partial charge in [0.15, 0.2) is 0 Å². The van der Waals surface area contributed by atoms with Gasteiger partial charge in [0.1, 0.15) is 11.8 Å². The van der Waals surface area contributed by atoms with Crippen LogP contribution in [0.1, 0.15) is 25.5 Å². The highest BCUT2D eigenvalue weighted by Gasteiger charge is 2.11. The van der Waals surface area contributed by atoms with Crippen LogP contribution in [0.3, 0.4) is 0 Å². The first-order chi connectivity index (χ1) is 7.00. The number of hydrogen-bond acceptors (Lipinski definition) is 3. The van der Waals surface area contributed by atoms with Gasteiger partial charge in [-0.2, -0.15) is 0 Å². The van der Waals surface area contributed by atoms with E-state index in [0.29, 0.717) is 5.56 Å². The van der Waals surface area contributed by atoms with Crippen molar-refractivity contribution in [3.63, 3.8) is 0 Å². The Hall–Kier alpha value is -1.55. The summed E-state index contributed by atoms with van der Waals surface area (Å²) in [5.41, 5.74) is 11.4. The van der Waals surface area contributed by atoms with Crippen molar-refractivity contribution in [1.82, 2.24) is 0 Å². The molecule has 0 aliphatic heterocycles. The summed E-state index contributed by atoms with van der Waals surface area (Å²) in [6.45, 7) is 3.89. The number of benzene rings is 1. The van der Waals surface area contributed by atoms with Gasteiger partial charge in [-0.1, -0.05) is 12.1 Å². The number of rotatable bonds is 4. The van der Waals surface area contributed by atoms with Gasteiger partial charge < -0.3 is 16.2 Å². The molecule has 0 aliphatic rings. The van der Waals surface area contributed by atoms with E-state index in [1.54, 1.807) is 24.3 Å². The maximum Gasteiger partial charge on any atom is 0.238 e. The number of carbonyl (C=O) groups excluding carboxylic acids is 1. The number of carbonyl (C=O) groups is 1. The van der Waals surface area contributed by atoms with Crippen molar-refractivity contribution < 1.29 is 9.53 Å². The Morgan fingerprint density at radius 3 is 2.20 bits per heavy atom. The highest BCUT2D eigenvalue weighted by Crippen LogP contribution is 2.17. The maximum atomic E-state index is 10.8. The molecule has 0 heterocycles. The molecule has 0 spiro atoms. The Morgan fingerprint density at radius 1 is 1.27 bits per heavy atom. The summed E-state index contributed by atoms with van der Waals surface area (Å²) in [7, 11) is 0. The van der Waals surface area contributed by atoms with E-state index >= 15 is 0 Å². The molecule has 0 saturated heterocycles. The zero-order chi connectivity index (χ0) is 11.4. The smallest absolute Gasteiger partial charge is 0.238 e. The van der Waals surface area contributed by atoms with Crippen LogP contribution in [0.15, 0.2) is 24.3 Å². The summed E-state index contributed by atoms with van der Waals surface area (Å²) in [5.74, 6) is 0.220. The summed E-state index contributed by atoms with van der Waals surface area (Å²) >= 11 is 0. The van der Waals surface area contributed by atoms with E-state index in [9.17, 15) is 4.79 Å². The first-order valence-corrected chi connectivity index (χ1v) is 4.82. The second-order valence-electron chi connectivity index (χ2n) is 3.62. The molecule has 1 amide bonds. The van der Waals surface area contributed by atoms with Gasteiger partial charge >= 0.3 is 0 Å². The largest absolute Gasteiger partial charge is 0.491 e. The molecular weight excluding hydrogens is 192 g/mol. The van der Waals surface area contributed by atoms with Crippen molar-refractivity contribution in [1.29, 1.82) is 0 Å². The Kier molecular flexibility index (Phi) is 3.68. The van der Waals surface area contributed by atoms with Crippen LogP contribution in [0.4, 0.5) is 0 Å². The first-order valence-electron chi connectivity index (χ1n) is 4.82. The van der Waals surface area contributed by atoms with Gasteiger partial charge in [0.2, 0.25) is 5.91 Å². The van der Waals surface area contributed by atoms with Gasteiger partial charge in [-0.15, -0.1) is 0 Å². The topological polar surface area (TPSA) is 78.3 Å². The predicted molar refractivity (Wildman–Crippen MR) is 58.3 cm³/mol. The van der Waals surface area contributed by atoms with Gasteiger partial charge in [-0.3, -0.25) is 4.79 Å². The van der Waals surface area contributed by atoms with Crippen LogP contribution in [0.25, 0.3) is 0 Å². The molecule has 0 bridgehead atoms. The normalized spacial score (nSPS) is 12.5. The van der Waals surface area contributed by atoms with E-state index in [2.05, 4.69) is 0 Å². The molecule has 4 N–H and O–H groups in total. The highest BCUT2D eigenvalue weighted by atomic mass is 16.5. The van der Waals surface area contributed by atoms with E-state index in [-0.39, 0.29) is 6.10 Å². The molecule has 82 valence electrons. The molecule has 0 aliphatic carbocycles. The molecule has 15 heavy (non-hydrogen) atoms. The molecule has 0 aromatic heterocycles. The van der Waals surface area contributed by atoms with Gasteiger partial charge in [0, 0.05) is 0 Å². The Bertz CT molecular complexity index is 333. The third kappa shape index (κ3) is 3.25. The minimum atomic E-state index is -0.752. The molecular formula is C11H16N2O2. The number of hydrogen-bond donors (Lipinski definition) is 2.